The molecule has 10 nitrogen and oxygen atoms in total. The number of rotatable bonds is 5. The molecule has 1 amide bonds. The molecule has 1 aliphatic heterocycles. The number of aromatic nitrogens is 2. The number of nitrogens with zero attached hydrogens (tertiary/aromatic N) is 2. The Labute approximate surface area is 131 Å². The average Bonchev–Trinajstić information content (AvgIpc) is 2.87. The lowest BCUT2D eigenvalue weighted by Crippen LogP contribution is -2.41. The lowest BCUT2D eigenvalue weighted by atomic mass is 10.2. The van der Waals surface area contributed by atoms with Gasteiger partial charge in [0.05, 0.1) is 24.4 Å². The van der Waals surface area contributed by atoms with Crippen LogP contribution in [0.15, 0.2) is 23.6 Å². The molecule has 0 spiro atoms. The molecule has 1 aromatic heterocycles. The summed E-state index contributed by atoms with van der Waals surface area (Å²) in [6.45, 7) is 3.04. The minimum Gasteiger partial charge on any atom is -0.394 e. The molecular formula is C13H19N5O5. The van der Waals surface area contributed by atoms with Gasteiger partial charge in [-0.3, -0.25) is 9.36 Å². The summed E-state index contributed by atoms with van der Waals surface area (Å²) in [7, 11) is 0. The van der Waals surface area contributed by atoms with Crippen LogP contribution in [0.25, 0.3) is 0 Å². The zero-order valence-corrected chi connectivity index (χ0v) is 12.3. The number of aliphatic hydroxyl groups is 2. The Morgan fingerprint density at radius 1 is 1.70 bits per heavy atom. The van der Waals surface area contributed by atoms with Crippen molar-refractivity contribution in [1.29, 1.82) is 0 Å². The number of ether oxygens (including phenoxy) is 1. The van der Waals surface area contributed by atoms with Gasteiger partial charge in [0.2, 0.25) is 0 Å². The number of amides is 1. The third-order valence-electron chi connectivity index (χ3n) is 3.47. The summed E-state index contributed by atoms with van der Waals surface area (Å²) >= 11 is 0. The van der Waals surface area contributed by atoms with Gasteiger partial charge in [-0.05, 0) is 0 Å². The smallest absolute Gasteiger partial charge is 0.351 e. The first-order valence-corrected chi connectivity index (χ1v) is 6.89. The maximum Gasteiger partial charge on any atom is 0.351 e. The van der Waals surface area contributed by atoms with Crippen molar-refractivity contribution in [2.24, 2.45) is 5.73 Å². The summed E-state index contributed by atoms with van der Waals surface area (Å²) in [5, 5.41) is 21.2. The van der Waals surface area contributed by atoms with Crippen LogP contribution in [0, 0.1) is 0 Å². The van der Waals surface area contributed by atoms with Crippen molar-refractivity contribution >= 4 is 11.7 Å². The second kappa shape index (κ2) is 6.87. The molecule has 2 rings (SSSR count). The molecule has 0 aliphatic carbocycles. The van der Waals surface area contributed by atoms with Crippen LogP contribution in [0.2, 0.25) is 0 Å². The fourth-order valence-corrected chi connectivity index (χ4v) is 2.20. The van der Waals surface area contributed by atoms with Gasteiger partial charge in [-0.1, -0.05) is 12.7 Å². The van der Waals surface area contributed by atoms with Crippen molar-refractivity contribution in [3.8, 4) is 0 Å². The normalized spacial score (nSPS) is 25.1. The molecule has 1 saturated heterocycles. The highest BCUT2D eigenvalue weighted by Gasteiger charge is 2.35. The van der Waals surface area contributed by atoms with Crippen LogP contribution in [0.1, 0.15) is 23.0 Å². The summed E-state index contributed by atoms with van der Waals surface area (Å²) in [5.41, 5.74) is 10.4. The largest absolute Gasteiger partial charge is 0.394 e. The van der Waals surface area contributed by atoms with Crippen LogP contribution >= 0.6 is 0 Å². The van der Waals surface area contributed by atoms with Gasteiger partial charge in [0, 0.05) is 12.6 Å². The molecule has 4 atom stereocenters. The Morgan fingerprint density at radius 3 is 2.96 bits per heavy atom. The molecule has 0 bridgehead atoms. The number of nitrogens with two attached hydrogens (primary N) is 2. The van der Waals surface area contributed by atoms with Crippen molar-refractivity contribution in [1.82, 2.24) is 14.9 Å². The summed E-state index contributed by atoms with van der Waals surface area (Å²) < 4.78 is 6.42. The third-order valence-corrected chi connectivity index (χ3v) is 3.47. The molecule has 2 heterocycles. The first-order valence-electron chi connectivity index (χ1n) is 6.89. The topological polar surface area (TPSA) is 166 Å². The number of anilines is 1. The van der Waals surface area contributed by atoms with E-state index in [9.17, 15) is 14.7 Å². The molecule has 0 saturated carbocycles. The van der Waals surface area contributed by atoms with Gasteiger partial charge in [0.25, 0.3) is 5.91 Å². The predicted molar refractivity (Wildman–Crippen MR) is 80.2 cm³/mol. The standard InChI is InChI=1S/C13H19N5O5/c1-2-9(14)16-12(21)6-4-18(13(22)17-11(6)15)10-3-7(20)8(5-19)23-10/h2,4,7-10,19-20H,1,3,5,14H2,(H,16,21)(H2,15,17,22)/t7-,8+,9?,10+/m0/s1. The lowest BCUT2D eigenvalue weighted by molar-refractivity contribution is -0.0459. The summed E-state index contributed by atoms with van der Waals surface area (Å²) in [5.74, 6) is -0.884. The Morgan fingerprint density at radius 2 is 2.39 bits per heavy atom. The van der Waals surface area contributed by atoms with Gasteiger partial charge in [-0.15, -0.1) is 0 Å². The summed E-state index contributed by atoms with van der Waals surface area (Å²) in [6, 6.07) is 0. The molecular weight excluding hydrogens is 306 g/mol. The van der Waals surface area contributed by atoms with Crippen molar-refractivity contribution in [3.05, 3.63) is 34.9 Å². The fraction of sp³-hybridized carbons (Fsp3) is 0.462. The Balaban J connectivity index is 2.32. The van der Waals surface area contributed by atoms with Gasteiger partial charge < -0.3 is 31.7 Å². The predicted octanol–water partition coefficient (Wildman–Crippen LogP) is -2.33. The van der Waals surface area contributed by atoms with Crippen molar-refractivity contribution in [2.45, 2.75) is 31.0 Å². The van der Waals surface area contributed by atoms with Gasteiger partial charge in [-0.2, -0.15) is 4.98 Å². The Hall–Kier alpha value is -2.27. The number of aliphatic hydroxyl groups excluding tert-OH is 2. The molecule has 0 radical (unpaired) electrons. The fourth-order valence-electron chi connectivity index (χ4n) is 2.20. The van der Waals surface area contributed by atoms with Crippen LogP contribution in [0.5, 0.6) is 0 Å². The second-order valence-electron chi connectivity index (χ2n) is 5.08. The summed E-state index contributed by atoms with van der Waals surface area (Å²) in [4.78, 5) is 27.6. The van der Waals surface area contributed by atoms with E-state index in [1.54, 1.807) is 0 Å². The molecule has 1 unspecified atom stereocenters. The van der Waals surface area contributed by atoms with Gasteiger partial charge in [0.15, 0.2) is 0 Å². The number of hydrogen-bond acceptors (Lipinski definition) is 8. The van der Waals surface area contributed by atoms with E-state index in [0.717, 1.165) is 4.57 Å². The highest BCUT2D eigenvalue weighted by Crippen LogP contribution is 2.27. The number of carbonyl (C=O) groups excluding carboxylic acids is 1. The maximum absolute atomic E-state index is 12.1. The van der Waals surface area contributed by atoms with E-state index < -0.39 is 42.8 Å². The highest BCUT2D eigenvalue weighted by molar-refractivity contribution is 5.98. The monoisotopic (exact) mass is 325 g/mol. The first-order chi connectivity index (χ1) is 10.9. The van der Waals surface area contributed by atoms with Crippen LogP contribution < -0.4 is 22.5 Å². The second-order valence-corrected chi connectivity index (χ2v) is 5.08. The van der Waals surface area contributed by atoms with E-state index in [1.807, 2.05) is 0 Å². The van der Waals surface area contributed by atoms with E-state index in [4.69, 9.17) is 21.3 Å². The van der Waals surface area contributed by atoms with Crippen LogP contribution in [-0.4, -0.2) is 50.7 Å². The van der Waals surface area contributed by atoms with Crippen molar-refractivity contribution < 1.29 is 19.7 Å². The van der Waals surface area contributed by atoms with Crippen LogP contribution in [-0.2, 0) is 4.74 Å². The zero-order chi connectivity index (χ0) is 17.1. The highest BCUT2D eigenvalue weighted by atomic mass is 16.5. The van der Waals surface area contributed by atoms with Crippen molar-refractivity contribution in [3.63, 3.8) is 0 Å². The SMILES string of the molecule is C=CC(N)NC(=O)c1cn([C@H]2C[C@H](O)[C@@H](CO)O2)c(=O)nc1N. The number of hydrogen-bond donors (Lipinski definition) is 5. The molecule has 1 aliphatic rings. The first kappa shape index (κ1) is 17.1. The van der Waals surface area contributed by atoms with Gasteiger partial charge in [0.1, 0.15) is 18.1 Å². The van der Waals surface area contributed by atoms with E-state index in [-0.39, 0.29) is 17.8 Å². The van der Waals surface area contributed by atoms with Gasteiger partial charge >= 0.3 is 5.69 Å². The number of nitrogens with one attached hydrogen (secondary N) is 1. The van der Waals surface area contributed by atoms with E-state index >= 15 is 0 Å². The van der Waals surface area contributed by atoms with E-state index in [2.05, 4.69) is 16.9 Å². The maximum atomic E-state index is 12.1. The minimum absolute atomic E-state index is 0.0626. The molecule has 1 fully saturated rings. The van der Waals surface area contributed by atoms with E-state index in [0.29, 0.717) is 0 Å². The molecule has 10 heteroatoms. The molecule has 0 aromatic carbocycles. The number of nitrogen functional groups attached to an aromatic ring is 1. The Bertz CT molecular complexity index is 661. The van der Waals surface area contributed by atoms with Gasteiger partial charge in [-0.25, -0.2) is 4.79 Å². The Kier molecular flexibility index (Phi) is 5.11. The third kappa shape index (κ3) is 3.56. The van der Waals surface area contributed by atoms with Crippen LogP contribution in [0.4, 0.5) is 5.82 Å². The van der Waals surface area contributed by atoms with Crippen molar-refractivity contribution in [2.75, 3.05) is 12.3 Å². The number of carbonyl (C=O) groups is 1. The van der Waals surface area contributed by atoms with E-state index in [1.165, 1.54) is 12.3 Å². The molecule has 7 N–H and O–H groups in total. The minimum atomic E-state index is -0.930. The average molecular weight is 325 g/mol. The summed E-state index contributed by atoms with van der Waals surface area (Å²) in [6.07, 6.45) is -0.804. The molecule has 126 valence electrons. The lowest BCUT2D eigenvalue weighted by Gasteiger charge is -2.16. The molecule has 23 heavy (non-hydrogen) atoms. The van der Waals surface area contributed by atoms with Crippen LogP contribution in [0.3, 0.4) is 0 Å². The quantitative estimate of drug-likeness (QED) is 0.297. The molecule has 1 aromatic rings. The zero-order valence-electron chi connectivity index (χ0n) is 12.3.